The molecule has 0 bridgehead atoms. The van der Waals surface area contributed by atoms with E-state index in [1.165, 1.54) is 6.20 Å². The van der Waals surface area contributed by atoms with Gasteiger partial charge in [-0.25, -0.2) is 4.98 Å². The van der Waals surface area contributed by atoms with Crippen molar-refractivity contribution in [1.29, 1.82) is 0 Å². The molecule has 0 aliphatic carbocycles. The number of hydrogen-bond donors (Lipinski definition) is 2. The molecule has 0 aliphatic rings. The molecule has 0 aromatic carbocycles. The molecule has 7 heteroatoms. The molecular weight excluding hydrogens is 268 g/mol. The minimum absolute atomic E-state index is 0.245. The minimum atomic E-state index is -0.245. The molecule has 2 N–H and O–H groups in total. The second-order valence-electron chi connectivity index (χ2n) is 4.81. The lowest BCUT2D eigenvalue weighted by molar-refractivity contribution is 0.0945. The molecule has 0 aliphatic heterocycles. The number of aryl methyl sites for hydroxylation is 2. The van der Waals surface area contributed by atoms with Crippen LogP contribution in [0.25, 0.3) is 0 Å². The van der Waals surface area contributed by atoms with Crippen LogP contribution in [0.4, 0.5) is 5.82 Å². The van der Waals surface area contributed by atoms with E-state index in [2.05, 4.69) is 32.6 Å². The first kappa shape index (κ1) is 15.0. The van der Waals surface area contributed by atoms with Gasteiger partial charge in [-0.3, -0.25) is 14.5 Å². The van der Waals surface area contributed by atoms with E-state index in [4.69, 9.17) is 0 Å². The van der Waals surface area contributed by atoms with Crippen LogP contribution in [-0.2, 0) is 13.6 Å². The summed E-state index contributed by atoms with van der Waals surface area (Å²) < 4.78 is 1.73. The number of nitrogens with zero attached hydrogens (tertiary/aromatic N) is 4. The molecule has 0 unspecified atom stereocenters. The van der Waals surface area contributed by atoms with Crippen LogP contribution < -0.4 is 10.6 Å². The number of hydrogen-bond acceptors (Lipinski definition) is 5. The summed E-state index contributed by atoms with van der Waals surface area (Å²) in [6.07, 6.45) is 5.94. The number of aromatic nitrogens is 4. The van der Waals surface area contributed by atoms with Gasteiger partial charge in [0.1, 0.15) is 11.5 Å². The molecule has 0 saturated heterocycles. The van der Waals surface area contributed by atoms with Crippen LogP contribution in [0.15, 0.2) is 18.6 Å². The molecule has 1 amide bonds. The number of nitrogens with one attached hydrogen (secondary N) is 2. The van der Waals surface area contributed by atoms with E-state index in [0.717, 1.165) is 24.2 Å². The SMILES string of the molecule is CCCNc1cncc(C(=O)NCc2cn(C)nc2C)n1. The van der Waals surface area contributed by atoms with Gasteiger partial charge >= 0.3 is 0 Å². The number of anilines is 1. The third-order valence-electron chi connectivity index (χ3n) is 2.98. The first-order chi connectivity index (χ1) is 10.1. The van der Waals surface area contributed by atoms with Crippen molar-refractivity contribution < 1.29 is 4.79 Å². The Morgan fingerprint density at radius 3 is 2.86 bits per heavy atom. The Balaban J connectivity index is 1.98. The van der Waals surface area contributed by atoms with Crippen LogP contribution in [0.5, 0.6) is 0 Å². The average molecular weight is 288 g/mol. The van der Waals surface area contributed by atoms with E-state index in [9.17, 15) is 4.79 Å². The first-order valence-electron chi connectivity index (χ1n) is 6.93. The van der Waals surface area contributed by atoms with Crippen molar-refractivity contribution >= 4 is 11.7 Å². The van der Waals surface area contributed by atoms with E-state index in [0.29, 0.717) is 18.1 Å². The van der Waals surface area contributed by atoms with E-state index in [1.807, 2.05) is 20.2 Å². The summed E-state index contributed by atoms with van der Waals surface area (Å²) in [6, 6.07) is 0. The molecule has 112 valence electrons. The summed E-state index contributed by atoms with van der Waals surface area (Å²) >= 11 is 0. The highest BCUT2D eigenvalue weighted by Crippen LogP contribution is 2.05. The van der Waals surface area contributed by atoms with Gasteiger partial charge in [-0.05, 0) is 13.3 Å². The normalized spacial score (nSPS) is 10.4. The second kappa shape index (κ2) is 6.83. The van der Waals surface area contributed by atoms with Gasteiger partial charge in [0, 0.05) is 31.9 Å². The monoisotopic (exact) mass is 288 g/mol. The van der Waals surface area contributed by atoms with E-state index in [-0.39, 0.29) is 5.91 Å². The third kappa shape index (κ3) is 4.01. The highest BCUT2D eigenvalue weighted by atomic mass is 16.1. The minimum Gasteiger partial charge on any atom is -0.369 e. The fraction of sp³-hybridized carbons (Fsp3) is 0.429. The largest absolute Gasteiger partial charge is 0.369 e. The number of rotatable bonds is 6. The molecule has 0 fully saturated rings. The third-order valence-corrected chi connectivity index (χ3v) is 2.98. The van der Waals surface area contributed by atoms with E-state index < -0.39 is 0 Å². The maximum absolute atomic E-state index is 12.1. The Morgan fingerprint density at radius 2 is 2.19 bits per heavy atom. The van der Waals surface area contributed by atoms with Crippen LogP contribution in [-0.4, -0.2) is 32.2 Å². The molecule has 0 radical (unpaired) electrons. The zero-order valence-electron chi connectivity index (χ0n) is 12.6. The number of carbonyl (C=O) groups is 1. The molecule has 21 heavy (non-hydrogen) atoms. The topological polar surface area (TPSA) is 84.7 Å². The molecule has 0 atom stereocenters. The van der Waals surface area contributed by atoms with Crippen LogP contribution in [0.1, 0.15) is 35.1 Å². The summed E-state index contributed by atoms with van der Waals surface area (Å²) in [7, 11) is 1.85. The quantitative estimate of drug-likeness (QED) is 0.836. The zero-order valence-corrected chi connectivity index (χ0v) is 12.6. The van der Waals surface area contributed by atoms with Crippen LogP contribution in [0.3, 0.4) is 0 Å². The predicted octanol–water partition coefficient (Wildman–Crippen LogP) is 1.27. The zero-order chi connectivity index (χ0) is 15.2. The van der Waals surface area contributed by atoms with Crippen molar-refractivity contribution in [3.05, 3.63) is 35.5 Å². The van der Waals surface area contributed by atoms with E-state index in [1.54, 1.807) is 10.9 Å². The van der Waals surface area contributed by atoms with Crippen LogP contribution in [0, 0.1) is 6.92 Å². The molecule has 7 nitrogen and oxygen atoms in total. The number of carbonyl (C=O) groups excluding carboxylic acids is 1. The molecule has 0 spiro atoms. The van der Waals surface area contributed by atoms with Gasteiger partial charge in [-0.15, -0.1) is 0 Å². The maximum atomic E-state index is 12.1. The Kier molecular flexibility index (Phi) is 4.86. The molecule has 2 rings (SSSR count). The van der Waals surface area contributed by atoms with Crippen molar-refractivity contribution in [2.75, 3.05) is 11.9 Å². The Labute approximate surface area is 123 Å². The van der Waals surface area contributed by atoms with Crippen molar-refractivity contribution in [2.24, 2.45) is 7.05 Å². The summed E-state index contributed by atoms with van der Waals surface area (Å²) in [5.41, 5.74) is 2.19. The molecular formula is C14H20N6O. The lowest BCUT2D eigenvalue weighted by Crippen LogP contribution is -2.24. The lowest BCUT2D eigenvalue weighted by Gasteiger charge is -2.06. The van der Waals surface area contributed by atoms with Crippen molar-refractivity contribution in [2.45, 2.75) is 26.8 Å². The predicted molar refractivity (Wildman–Crippen MR) is 79.9 cm³/mol. The summed E-state index contributed by atoms with van der Waals surface area (Å²) in [5, 5.41) is 10.2. The van der Waals surface area contributed by atoms with Gasteiger partial charge in [-0.2, -0.15) is 5.10 Å². The van der Waals surface area contributed by atoms with Gasteiger partial charge in [0.05, 0.1) is 18.1 Å². The summed E-state index contributed by atoms with van der Waals surface area (Å²) in [4.78, 5) is 20.4. The fourth-order valence-electron chi connectivity index (χ4n) is 1.90. The molecule has 2 aromatic heterocycles. The van der Waals surface area contributed by atoms with Crippen molar-refractivity contribution in [1.82, 2.24) is 25.1 Å². The highest BCUT2D eigenvalue weighted by Gasteiger charge is 2.10. The van der Waals surface area contributed by atoms with Gasteiger partial charge in [-0.1, -0.05) is 6.92 Å². The Morgan fingerprint density at radius 1 is 1.38 bits per heavy atom. The standard InChI is InChI=1S/C14H20N6O/c1-4-5-16-13-8-15-7-12(18-13)14(21)17-6-11-9-20(3)19-10(11)2/h7-9H,4-6H2,1-3H3,(H,16,18)(H,17,21). The first-order valence-corrected chi connectivity index (χ1v) is 6.93. The highest BCUT2D eigenvalue weighted by molar-refractivity contribution is 5.92. The fourth-order valence-corrected chi connectivity index (χ4v) is 1.90. The summed E-state index contributed by atoms with van der Waals surface area (Å²) in [5.74, 6) is 0.368. The molecule has 0 saturated carbocycles. The smallest absolute Gasteiger partial charge is 0.271 e. The van der Waals surface area contributed by atoms with Crippen LogP contribution in [0.2, 0.25) is 0 Å². The van der Waals surface area contributed by atoms with Gasteiger partial charge < -0.3 is 10.6 Å². The van der Waals surface area contributed by atoms with Crippen LogP contribution >= 0.6 is 0 Å². The number of amides is 1. The second-order valence-corrected chi connectivity index (χ2v) is 4.81. The van der Waals surface area contributed by atoms with Gasteiger partial charge in [0.2, 0.25) is 0 Å². The molecule has 2 heterocycles. The van der Waals surface area contributed by atoms with Crippen molar-refractivity contribution in [3.63, 3.8) is 0 Å². The van der Waals surface area contributed by atoms with Gasteiger partial charge in [0.25, 0.3) is 5.91 Å². The molecule has 2 aromatic rings. The Bertz CT molecular complexity index is 622. The van der Waals surface area contributed by atoms with Crippen molar-refractivity contribution in [3.8, 4) is 0 Å². The lowest BCUT2D eigenvalue weighted by atomic mass is 10.2. The average Bonchev–Trinajstić information content (AvgIpc) is 2.81. The Hall–Kier alpha value is -2.44. The summed E-state index contributed by atoms with van der Waals surface area (Å²) in [6.45, 7) is 5.20. The maximum Gasteiger partial charge on any atom is 0.271 e. The van der Waals surface area contributed by atoms with E-state index >= 15 is 0 Å². The van der Waals surface area contributed by atoms with Gasteiger partial charge in [0.15, 0.2) is 0 Å².